The van der Waals surface area contributed by atoms with Gasteiger partial charge in [-0.2, -0.15) is 5.10 Å². The van der Waals surface area contributed by atoms with Crippen LogP contribution in [0.15, 0.2) is 24.3 Å². The number of aryl methyl sites for hydroxylation is 1. The molecule has 1 amide bonds. The van der Waals surface area contributed by atoms with Gasteiger partial charge in [-0.3, -0.25) is 29.2 Å². The van der Waals surface area contributed by atoms with Gasteiger partial charge in [0.15, 0.2) is 12.4 Å². The Bertz CT molecular complexity index is 965. The molecule has 2 aromatic rings. The molecule has 0 aliphatic rings. The van der Waals surface area contributed by atoms with Crippen molar-refractivity contribution >= 4 is 29.0 Å². The van der Waals surface area contributed by atoms with Crippen LogP contribution in [0.3, 0.4) is 0 Å². The van der Waals surface area contributed by atoms with Crippen LogP contribution in [0.1, 0.15) is 54.4 Å². The highest BCUT2D eigenvalue weighted by molar-refractivity contribution is 5.98. The quantitative estimate of drug-likeness (QED) is 0.190. The topological polar surface area (TPSA) is 133 Å². The number of nitro groups is 1. The zero-order valence-electron chi connectivity index (χ0n) is 17.8. The van der Waals surface area contributed by atoms with Crippen LogP contribution in [0.4, 0.5) is 11.4 Å². The average Bonchev–Trinajstić information content (AvgIpc) is 3.00. The summed E-state index contributed by atoms with van der Waals surface area (Å²) >= 11 is 0. The first-order chi connectivity index (χ1) is 14.7. The summed E-state index contributed by atoms with van der Waals surface area (Å²) in [4.78, 5) is 46.6. The second-order valence-electron chi connectivity index (χ2n) is 7.10. The lowest BCUT2D eigenvalue weighted by atomic mass is 10.1. The minimum absolute atomic E-state index is 0.0779. The molecule has 0 saturated carbocycles. The smallest absolute Gasteiger partial charge is 0.328 e. The number of ether oxygens (including phenoxy) is 1. The van der Waals surface area contributed by atoms with Crippen molar-refractivity contribution in [2.45, 2.75) is 53.0 Å². The van der Waals surface area contributed by atoms with E-state index >= 15 is 0 Å². The maximum atomic E-state index is 12.2. The largest absolute Gasteiger partial charge is 0.456 e. The summed E-state index contributed by atoms with van der Waals surface area (Å²) in [6.07, 6.45) is 3.31. The molecule has 1 N–H and O–H groups in total. The van der Waals surface area contributed by atoms with Crippen molar-refractivity contribution < 1.29 is 24.0 Å². The maximum Gasteiger partial charge on any atom is 0.328 e. The third-order valence-corrected chi connectivity index (χ3v) is 4.67. The normalized spacial score (nSPS) is 10.5. The van der Waals surface area contributed by atoms with Gasteiger partial charge in [-0.05, 0) is 44.5 Å². The first kappa shape index (κ1) is 23.7. The Labute approximate surface area is 179 Å². The molecule has 0 atom stereocenters. The van der Waals surface area contributed by atoms with Crippen LogP contribution in [0.25, 0.3) is 0 Å². The molecular formula is C21H26N4O6. The van der Waals surface area contributed by atoms with Gasteiger partial charge in [0.1, 0.15) is 17.9 Å². The zero-order chi connectivity index (χ0) is 23.0. The highest BCUT2D eigenvalue weighted by Gasteiger charge is 2.23. The number of unbranched alkanes of at least 4 members (excludes halogenated alkanes) is 2. The highest BCUT2D eigenvalue weighted by Crippen LogP contribution is 2.21. The van der Waals surface area contributed by atoms with Crippen molar-refractivity contribution in [3.8, 4) is 0 Å². The van der Waals surface area contributed by atoms with Crippen molar-refractivity contribution in [1.82, 2.24) is 9.78 Å². The molecule has 0 bridgehead atoms. The molecule has 0 spiro atoms. The maximum absolute atomic E-state index is 12.2. The standard InChI is InChI=1S/C21H26N4O6/c1-4-5-6-7-19(27)22-17-10-8-16(9-11-17)18(26)13-31-20(28)12-24-15(3)21(25(29)30)14(2)23-24/h8-11H,4-7,12-13H2,1-3H3,(H,22,27). The van der Waals surface area contributed by atoms with Crippen LogP contribution in [0.2, 0.25) is 0 Å². The van der Waals surface area contributed by atoms with E-state index in [2.05, 4.69) is 17.3 Å². The summed E-state index contributed by atoms with van der Waals surface area (Å²) in [7, 11) is 0. The van der Waals surface area contributed by atoms with E-state index in [4.69, 9.17) is 4.74 Å². The van der Waals surface area contributed by atoms with Crippen molar-refractivity contribution in [3.63, 3.8) is 0 Å². The number of carbonyl (C=O) groups excluding carboxylic acids is 3. The van der Waals surface area contributed by atoms with Crippen LogP contribution in [-0.2, 0) is 20.9 Å². The number of nitrogens with one attached hydrogen (secondary N) is 1. The number of aromatic nitrogens is 2. The number of hydrogen-bond donors (Lipinski definition) is 1. The lowest BCUT2D eigenvalue weighted by molar-refractivity contribution is -0.386. The summed E-state index contributed by atoms with van der Waals surface area (Å²) < 4.78 is 6.17. The van der Waals surface area contributed by atoms with Crippen molar-refractivity contribution in [2.75, 3.05) is 11.9 Å². The molecule has 0 saturated heterocycles. The van der Waals surface area contributed by atoms with Crippen molar-refractivity contribution in [1.29, 1.82) is 0 Å². The number of benzene rings is 1. The Kier molecular flexibility index (Phi) is 8.42. The number of amides is 1. The highest BCUT2D eigenvalue weighted by atomic mass is 16.6. The van der Waals surface area contributed by atoms with E-state index in [9.17, 15) is 24.5 Å². The minimum atomic E-state index is -0.732. The second-order valence-corrected chi connectivity index (χ2v) is 7.10. The molecule has 166 valence electrons. The first-order valence-electron chi connectivity index (χ1n) is 10.00. The monoisotopic (exact) mass is 430 g/mol. The number of anilines is 1. The number of nitrogens with zero attached hydrogens (tertiary/aromatic N) is 3. The minimum Gasteiger partial charge on any atom is -0.456 e. The fraction of sp³-hybridized carbons (Fsp3) is 0.429. The van der Waals surface area contributed by atoms with Gasteiger partial charge in [0, 0.05) is 17.7 Å². The molecular weight excluding hydrogens is 404 g/mol. The average molecular weight is 430 g/mol. The molecule has 1 aromatic heterocycles. The van der Waals surface area contributed by atoms with E-state index in [1.807, 2.05) is 0 Å². The third-order valence-electron chi connectivity index (χ3n) is 4.67. The van der Waals surface area contributed by atoms with E-state index in [1.165, 1.54) is 18.5 Å². The first-order valence-corrected chi connectivity index (χ1v) is 10.00. The predicted molar refractivity (Wildman–Crippen MR) is 113 cm³/mol. The molecule has 10 nitrogen and oxygen atoms in total. The second kappa shape index (κ2) is 11.0. The third kappa shape index (κ3) is 6.73. The SMILES string of the molecule is CCCCCC(=O)Nc1ccc(C(=O)COC(=O)Cn2nc(C)c([N+](=O)[O-])c2C)cc1. The number of carbonyl (C=O) groups is 3. The van der Waals surface area contributed by atoms with E-state index in [0.29, 0.717) is 17.7 Å². The van der Waals surface area contributed by atoms with E-state index < -0.39 is 23.3 Å². The van der Waals surface area contributed by atoms with E-state index in [1.54, 1.807) is 24.3 Å². The van der Waals surface area contributed by atoms with Gasteiger partial charge in [0.05, 0.1) is 4.92 Å². The summed E-state index contributed by atoms with van der Waals surface area (Å²) in [6.45, 7) is 4.23. The molecule has 0 aliphatic carbocycles. The van der Waals surface area contributed by atoms with E-state index in [0.717, 1.165) is 19.3 Å². The Morgan fingerprint density at radius 1 is 1.16 bits per heavy atom. The van der Waals surface area contributed by atoms with Crippen LogP contribution in [0, 0.1) is 24.0 Å². The van der Waals surface area contributed by atoms with Gasteiger partial charge in [0.25, 0.3) is 0 Å². The molecule has 1 heterocycles. The number of hydrogen-bond acceptors (Lipinski definition) is 7. The number of esters is 1. The number of ketones is 1. The molecule has 0 fully saturated rings. The Hall–Kier alpha value is -3.56. The van der Waals surface area contributed by atoms with Crippen LogP contribution in [-0.4, -0.2) is 39.0 Å². The molecule has 31 heavy (non-hydrogen) atoms. The molecule has 0 unspecified atom stereocenters. The Morgan fingerprint density at radius 2 is 1.84 bits per heavy atom. The van der Waals surface area contributed by atoms with Crippen molar-refractivity contribution in [3.05, 3.63) is 51.3 Å². The summed E-state index contributed by atoms with van der Waals surface area (Å²) in [6, 6.07) is 6.31. The predicted octanol–water partition coefficient (Wildman–Crippen LogP) is 3.35. The van der Waals surface area contributed by atoms with Gasteiger partial charge in [-0.25, -0.2) is 0 Å². The van der Waals surface area contributed by atoms with Crippen LogP contribution >= 0.6 is 0 Å². The molecule has 1 aromatic carbocycles. The lowest BCUT2D eigenvalue weighted by Crippen LogP contribution is -2.19. The Morgan fingerprint density at radius 3 is 2.42 bits per heavy atom. The Balaban J connectivity index is 1.85. The molecule has 0 radical (unpaired) electrons. The summed E-state index contributed by atoms with van der Waals surface area (Å²) in [5, 5.41) is 17.8. The van der Waals surface area contributed by atoms with Crippen LogP contribution < -0.4 is 5.32 Å². The lowest BCUT2D eigenvalue weighted by Gasteiger charge is -2.07. The van der Waals surface area contributed by atoms with Gasteiger partial charge >= 0.3 is 11.7 Å². The fourth-order valence-electron chi connectivity index (χ4n) is 3.00. The molecule has 2 rings (SSSR count). The van der Waals surface area contributed by atoms with Gasteiger partial charge in [0.2, 0.25) is 5.91 Å². The summed E-state index contributed by atoms with van der Waals surface area (Å²) in [5.41, 5.74) is 1.20. The fourth-order valence-corrected chi connectivity index (χ4v) is 3.00. The molecule has 0 aliphatic heterocycles. The van der Waals surface area contributed by atoms with Crippen molar-refractivity contribution in [2.24, 2.45) is 0 Å². The number of rotatable bonds is 11. The summed E-state index contributed by atoms with van der Waals surface area (Å²) in [5.74, 6) is -1.22. The van der Waals surface area contributed by atoms with Gasteiger partial charge in [-0.1, -0.05) is 19.8 Å². The van der Waals surface area contributed by atoms with E-state index in [-0.39, 0.29) is 29.5 Å². The zero-order valence-corrected chi connectivity index (χ0v) is 17.8. The molecule has 10 heteroatoms. The van der Waals surface area contributed by atoms with Crippen LogP contribution in [0.5, 0.6) is 0 Å². The van der Waals surface area contributed by atoms with Gasteiger partial charge in [-0.15, -0.1) is 0 Å². The number of Topliss-reactive ketones (excluding diaryl/α,β-unsaturated/α-hetero) is 1. The van der Waals surface area contributed by atoms with Gasteiger partial charge < -0.3 is 10.1 Å².